The Kier molecular flexibility index (Phi) is 7.54. The van der Waals surface area contributed by atoms with Crippen LogP contribution in [0.2, 0.25) is 0 Å². The largest absolute Gasteiger partial charge is 0.497 e. The molecule has 0 saturated carbocycles. The molecule has 0 amide bonds. The van der Waals surface area contributed by atoms with Crippen LogP contribution in [0.3, 0.4) is 0 Å². The number of hydrogen-bond donors (Lipinski definition) is 2. The summed E-state index contributed by atoms with van der Waals surface area (Å²) < 4.78 is 16.2. The van der Waals surface area contributed by atoms with Crippen molar-refractivity contribution in [1.82, 2.24) is 15.6 Å². The van der Waals surface area contributed by atoms with Crippen molar-refractivity contribution in [1.29, 1.82) is 0 Å². The van der Waals surface area contributed by atoms with Gasteiger partial charge >= 0.3 is 0 Å². The number of rotatable bonds is 8. The molecule has 0 unspecified atom stereocenters. The molecule has 2 N–H and O–H groups in total. The van der Waals surface area contributed by atoms with Gasteiger partial charge in [-0.2, -0.15) is 0 Å². The zero-order valence-corrected chi connectivity index (χ0v) is 15.7. The van der Waals surface area contributed by atoms with Gasteiger partial charge in [0.1, 0.15) is 11.5 Å². The molecular weight excluding hydrogens is 332 g/mol. The van der Waals surface area contributed by atoms with E-state index in [1.165, 1.54) is 0 Å². The number of ether oxygens (including phenoxy) is 3. The highest BCUT2D eigenvalue weighted by Gasteiger charge is 2.08. The van der Waals surface area contributed by atoms with Gasteiger partial charge in [0.05, 0.1) is 20.8 Å². The Hall–Kier alpha value is -2.96. The maximum atomic E-state index is 5.54. The number of aromatic nitrogens is 1. The fourth-order valence-electron chi connectivity index (χ4n) is 2.40. The molecular formula is C19H26N4O3. The predicted octanol–water partition coefficient (Wildman–Crippen LogP) is 2.36. The first-order chi connectivity index (χ1) is 12.7. The first kappa shape index (κ1) is 19.4. The number of pyridine rings is 1. The van der Waals surface area contributed by atoms with Gasteiger partial charge in [0, 0.05) is 43.5 Å². The van der Waals surface area contributed by atoms with Crippen LogP contribution in [0, 0.1) is 0 Å². The van der Waals surface area contributed by atoms with Crippen molar-refractivity contribution < 1.29 is 14.2 Å². The Balaban J connectivity index is 1.97. The summed E-state index contributed by atoms with van der Waals surface area (Å²) in [6.07, 6.45) is 1.72. The third-order valence-electron chi connectivity index (χ3n) is 3.74. The van der Waals surface area contributed by atoms with Gasteiger partial charge in [-0.25, -0.2) is 4.98 Å². The molecule has 0 spiro atoms. The number of nitrogens with one attached hydrogen (secondary N) is 2. The monoisotopic (exact) mass is 358 g/mol. The number of guanidine groups is 1. The second-order valence-corrected chi connectivity index (χ2v) is 5.36. The summed E-state index contributed by atoms with van der Waals surface area (Å²) in [5, 5.41) is 6.54. The third kappa shape index (κ3) is 5.27. The molecule has 0 atom stereocenters. The van der Waals surface area contributed by atoms with Gasteiger partial charge in [0.25, 0.3) is 0 Å². The van der Waals surface area contributed by atoms with Gasteiger partial charge in [-0.1, -0.05) is 6.07 Å². The molecule has 1 aromatic carbocycles. The number of benzene rings is 1. The lowest BCUT2D eigenvalue weighted by atomic mass is 10.2. The van der Waals surface area contributed by atoms with Crippen molar-refractivity contribution >= 4 is 5.96 Å². The maximum absolute atomic E-state index is 5.54. The minimum Gasteiger partial charge on any atom is -0.497 e. The first-order valence-electron chi connectivity index (χ1n) is 8.43. The van der Waals surface area contributed by atoms with E-state index in [1.54, 1.807) is 27.5 Å². The molecule has 0 aliphatic heterocycles. The second-order valence-electron chi connectivity index (χ2n) is 5.36. The highest BCUT2D eigenvalue weighted by Crippen LogP contribution is 2.24. The molecule has 7 heteroatoms. The van der Waals surface area contributed by atoms with Gasteiger partial charge in [-0.3, -0.25) is 4.99 Å². The van der Waals surface area contributed by atoms with E-state index in [9.17, 15) is 0 Å². The average Bonchev–Trinajstić information content (AvgIpc) is 2.69. The van der Waals surface area contributed by atoms with Gasteiger partial charge in [-0.05, 0) is 25.1 Å². The summed E-state index contributed by atoms with van der Waals surface area (Å²) >= 11 is 0. The molecule has 2 rings (SSSR count). The van der Waals surface area contributed by atoms with Crippen LogP contribution in [0.25, 0.3) is 0 Å². The molecule has 0 fully saturated rings. The fraction of sp³-hybridized carbons (Fsp3) is 0.368. The highest BCUT2D eigenvalue weighted by atomic mass is 16.5. The summed E-state index contributed by atoms with van der Waals surface area (Å²) in [5.41, 5.74) is 1.98. The van der Waals surface area contributed by atoms with Gasteiger partial charge < -0.3 is 24.8 Å². The maximum Gasteiger partial charge on any atom is 0.218 e. The van der Waals surface area contributed by atoms with Crippen molar-refractivity contribution in [2.45, 2.75) is 20.0 Å². The molecule has 0 aliphatic carbocycles. The Morgan fingerprint density at radius 2 is 1.85 bits per heavy atom. The summed E-state index contributed by atoms with van der Waals surface area (Å²) in [5.74, 6) is 2.83. The summed E-state index contributed by atoms with van der Waals surface area (Å²) in [4.78, 5) is 8.50. The number of hydrogen-bond acceptors (Lipinski definition) is 5. The van der Waals surface area contributed by atoms with Crippen LogP contribution >= 0.6 is 0 Å². The van der Waals surface area contributed by atoms with E-state index in [4.69, 9.17) is 14.2 Å². The molecule has 2 aromatic rings. The molecule has 1 heterocycles. The first-order valence-corrected chi connectivity index (χ1v) is 8.43. The van der Waals surface area contributed by atoms with E-state index in [-0.39, 0.29) is 0 Å². The fourth-order valence-corrected chi connectivity index (χ4v) is 2.40. The minimum absolute atomic E-state index is 0.558. The van der Waals surface area contributed by atoms with Crippen molar-refractivity contribution in [2.24, 2.45) is 4.99 Å². The van der Waals surface area contributed by atoms with Crippen LogP contribution in [0.4, 0.5) is 0 Å². The standard InChI is InChI=1S/C19H26N4O3/c1-5-26-18-15(7-6-10-21-18)13-23-19(20-2)22-12-14-8-9-16(24-3)11-17(14)25-4/h6-11H,5,12-13H2,1-4H3,(H2,20,22,23). The second kappa shape index (κ2) is 10.1. The molecule has 7 nitrogen and oxygen atoms in total. The van der Waals surface area contributed by atoms with E-state index < -0.39 is 0 Å². The molecule has 26 heavy (non-hydrogen) atoms. The SMILES string of the molecule is CCOc1ncccc1CNC(=NC)NCc1ccc(OC)cc1OC. The van der Waals surface area contributed by atoms with Crippen LogP contribution in [0.5, 0.6) is 17.4 Å². The van der Waals surface area contributed by atoms with E-state index in [0.29, 0.717) is 31.5 Å². The smallest absolute Gasteiger partial charge is 0.218 e. The van der Waals surface area contributed by atoms with E-state index in [1.807, 2.05) is 37.3 Å². The summed E-state index contributed by atoms with van der Waals surface area (Å²) in [6.45, 7) is 3.64. The Labute approximate surface area is 154 Å². The van der Waals surface area contributed by atoms with Crippen molar-refractivity contribution in [3.63, 3.8) is 0 Å². The molecule has 0 radical (unpaired) electrons. The molecule has 1 aromatic heterocycles. The van der Waals surface area contributed by atoms with E-state index in [0.717, 1.165) is 22.6 Å². The lowest BCUT2D eigenvalue weighted by Crippen LogP contribution is -2.36. The van der Waals surface area contributed by atoms with E-state index >= 15 is 0 Å². The van der Waals surface area contributed by atoms with Gasteiger partial charge in [0.15, 0.2) is 5.96 Å². The zero-order valence-electron chi connectivity index (χ0n) is 15.7. The molecule has 0 bridgehead atoms. The normalized spacial score (nSPS) is 11.0. The molecule has 0 saturated heterocycles. The van der Waals surface area contributed by atoms with Crippen LogP contribution < -0.4 is 24.8 Å². The van der Waals surface area contributed by atoms with Crippen molar-refractivity contribution in [3.8, 4) is 17.4 Å². The average molecular weight is 358 g/mol. The van der Waals surface area contributed by atoms with Crippen LogP contribution in [0.15, 0.2) is 41.5 Å². The minimum atomic E-state index is 0.558. The quantitative estimate of drug-likeness (QED) is 0.557. The Morgan fingerprint density at radius 3 is 2.50 bits per heavy atom. The van der Waals surface area contributed by atoms with Crippen LogP contribution in [-0.2, 0) is 13.1 Å². The Bertz CT molecular complexity index is 734. The van der Waals surface area contributed by atoms with Crippen molar-refractivity contribution in [3.05, 3.63) is 47.7 Å². The number of methoxy groups -OCH3 is 2. The van der Waals surface area contributed by atoms with Gasteiger partial charge in [0.2, 0.25) is 5.88 Å². The van der Waals surface area contributed by atoms with Crippen LogP contribution in [0.1, 0.15) is 18.1 Å². The zero-order chi connectivity index (χ0) is 18.8. The highest BCUT2D eigenvalue weighted by molar-refractivity contribution is 5.79. The van der Waals surface area contributed by atoms with E-state index in [2.05, 4.69) is 20.6 Å². The molecule has 140 valence electrons. The van der Waals surface area contributed by atoms with Crippen molar-refractivity contribution in [2.75, 3.05) is 27.9 Å². The Morgan fingerprint density at radius 1 is 1.08 bits per heavy atom. The predicted molar refractivity (Wildman–Crippen MR) is 102 cm³/mol. The number of aliphatic imine (C=N–C) groups is 1. The topological polar surface area (TPSA) is 77.0 Å². The number of nitrogens with zero attached hydrogens (tertiary/aromatic N) is 2. The molecule has 0 aliphatic rings. The summed E-state index contributed by atoms with van der Waals surface area (Å²) in [6, 6.07) is 9.59. The lowest BCUT2D eigenvalue weighted by molar-refractivity contribution is 0.322. The summed E-state index contributed by atoms with van der Waals surface area (Å²) in [7, 11) is 5.00. The van der Waals surface area contributed by atoms with Gasteiger partial charge in [-0.15, -0.1) is 0 Å². The third-order valence-corrected chi connectivity index (χ3v) is 3.74. The lowest BCUT2D eigenvalue weighted by Gasteiger charge is -2.15. The van der Waals surface area contributed by atoms with Crippen LogP contribution in [-0.4, -0.2) is 38.8 Å².